The Labute approximate surface area is 117 Å². The standard InChI is InChI=1S/C12H12F3N3OS/c1-8-17-11(20-18-8)16-6-7-19-10-4-2-9(3-5-10)12(13,14)15/h2-5H,6-7H2,1H3,(H,16,17,18). The number of hydrogen-bond donors (Lipinski definition) is 1. The summed E-state index contributed by atoms with van der Waals surface area (Å²) in [7, 11) is 0. The second kappa shape index (κ2) is 6.08. The fourth-order valence-electron chi connectivity index (χ4n) is 1.44. The lowest BCUT2D eigenvalue weighted by Gasteiger charge is -2.09. The summed E-state index contributed by atoms with van der Waals surface area (Å²) in [4.78, 5) is 4.11. The van der Waals surface area contributed by atoms with Crippen LogP contribution in [0.3, 0.4) is 0 Å². The molecule has 0 unspecified atom stereocenters. The van der Waals surface area contributed by atoms with E-state index in [9.17, 15) is 13.2 Å². The Morgan fingerprint density at radius 2 is 1.95 bits per heavy atom. The van der Waals surface area contributed by atoms with E-state index in [1.807, 2.05) is 0 Å². The Balaban J connectivity index is 1.77. The lowest BCUT2D eigenvalue weighted by molar-refractivity contribution is -0.137. The first-order valence-corrected chi connectivity index (χ1v) is 6.57. The topological polar surface area (TPSA) is 47.0 Å². The monoisotopic (exact) mass is 303 g/mol. The third-order valence-electron chi connectivity index (χ3n) is 2.36. The van der Waals surface area contributed by atoms with Gasteiger partial charge in [-0.15, -0.1) is 0 Å². The summed E-state index contributed by atoms with van der Waals surface area (Å²) in [5.74, 6) is 1.09. The van der Waals surface area contributed by atoms with Crippen molar-refractivity contribution in [3.8, 4) is 5.75 Å². The number of halogens is 3. The minimum atomic E-state index is -4.32. The number of aryl methyl sites for hydroxylation is 1. The summed E-state index contributed by atoms with van der Waals surface area (Å²) < 4.78 is 46.4. The molecule has 0 fully saturated rings. The van der Waals surface area contributed by atoms with E-state index in [-0.39, 0.29) is 0 Å². The third kappa shape index (κ3) is 4.09. The predicted molar refractivity (Wildman–Crippen MR) is 70.1 cm³/mol. The Kier molecular flexibility index (Phi) is 4.43. The zero-order valence-electron chi connectivity index (χ0n) is 10.6. The van der Waals surface area contributed by atoms with Gasteiger partial charge in [0.25, 0.3) is 0 Å². The number of aromatic nitrogens is 2. The maximum atomic E-state index is 12.4. The second-order valence-corrected chi connectivity index (χ2v) is 4.70. The molecule has 108 valence electrons. The van der Waals surface area contributed by atoms with Crippen molar-refractivity contribution in [2.24, 2.45) is 0 Å². The number of hydrogen-bond acceptors (Lipinski definition) is 5. The molecular weight excluding hydrogens is 291 g/mol. The molecule has 2 aromatic rings. The highest BCUT2D eigenvalue weighted by Crippen LogP contribution is 2.30. The lowest BCUT2D eigenvalue weighted by atomic mass is 10.2. The number of rotatable bonds is 5. The van der Waals surface area contributed by atoms with Crippen LogP contribution in [-0.4, -0.2) is 22.5 Å². The zero-order valence-corrected chi connectivity index (χ0v) is 11.4. The van der Waals surface area contributed by atoms with Gasteiger partial charge in [0.2, 0.25) is 5.13 Å². The highest BCUT2D eigenvalue weighted by atomic mass is 32.1. The van der Waals surface area contributed by atoms with Crippen molar-refractivity contribution in [3.63, 3.8) is 0 Å². The van der Waals surface area contributed by atoms with E-state index < -0.39 is 11.7 Å². The van der Waals surface area contributed by atoms with Crippen molar-refractivity contribution in [1.82, 2.24) is 9.36 Å². The fourth-order valence-corrected chi connectivity index (χ4v) is 2.03. The average Bonchev–Trinajstić information content (AvgIpc) is 2.80. The first-order valence-electron chi connectivity index (χ1n) is 5.79. The smallest absolute Gasteiger partial charge is 0.416 e. The van der Waals surface area contributed by atoms with Crippen LogP contribution < -0.4 is 10.1 Å². The molecule has 0 aliphatic carbocycles. The van der Waals surface area contributed by atoms with E-state index in [1.165, 1.54) is 23.7 Å². The van der Waals surface area contributed by atoms with Gasteiger partial charge in [-0.25, -0.2) is 4.98 Å². The molecule has 0 bridgehead atoms. The minimum absolute atomic E-state index is 0.323. The van der Waals surface area contributed by atoms with Crippen LogP contribution >= 0.6 is 11.5 Å². The van der Waals surface area contributed by atoms with Crippen LogP contribution in [-0.2, 0) is 6.18 Å². The van der Waals surface area contributed by atoms with Gasteiger partial charge in [0, 0.05) is 11.5 Å². The highest BCUT2D eigenvalue weighted by molar-refractivity contribution is 7.09. The van der Waals surface area contributed by atoms with E-state index in [4.69, 9.17) is 4.74 Å². The lowest BCUT2D eigenvalue weighted by Crippen LogP contribution is -2.11. The summed E-state index contributed by atoms with van der Waals surface area (Å²) in [6.07, 6.45) is -4.32. The van der Waals surface area contributed by atoms with Crippen molar-refractivity contribution < 1.29 is 17.9 Å². The number of benzene rings is 1. The Hall–Kier alpha value is -1.83. The molecule has 0 saturated heterocycles. The molecule has 8 heteroatoms. The van der Waals surface area contributed by atoms with Crippen LogP contribution in [0.2, 0.25) is 0 Å². The van der Waals surface area contributed by atoms with Crippen LogP contribution in [0.5, 0.6) is 5.75 Å². The van der Waals surface area contributed by atoms with Gasteiger partial charge in [-0.3, -0.25) is 0 Å². The highest BCUT2D eigenvalue weighted by Gasteiger charge is 2.29. The molecule has 1 heterocycles. The number of nitrogens with one attached hydrogen (secondary N) is 1. The Morgan fingerprint density at radius 1 is 1.25 bits per heavy atom. The van der Waals surface area contributed by atoms with Gasteiger partial charge >= 0.3 is 6.18 Å². The summed E-state index contributed by atoms with van der Waals surface area (Å²) in [5, 5.41) is 3.70. The molecule has 20 heavy (non-hydrogen) atoms. The van der Waals surface area contributed by atoms with Gasteiger partial charge in [-0.05, 0) is 31.2 Å². The van der Waals surface area contributed by atoms with Crippen LogP contribution in [0, 0.1) is 6.92 Å². The SMILES string of the molecule is Cc1nsc(NCCOc2ccc(C(F)(F)F)cc2)n1. The van der Waals surface area contributed by atoms with Crippen molar-refractivity contribution >= 4 is 16.7 Å². The Bertz CT molecular complexity index is 554. The number of anilines is 1. The average molecular weight is 303 g/mol. The predicted octanol–water partition coefficient (Wildman–Crippen LogP) is 3.36. The molecule has 2 rings (SSSR count). The van der Waals surface area contributed by atoms with Crippen LogP contribution in [0.15, 0.2) is 24.3 Å². The van der Waals surface area contributed by atoms with Gasteiger partial charge in [0.05, 0.1) is 12.1 Å². The number of nitrogens with zero attached hydrogens (tertiary/aromatic N) is 2. The first kappa shape index (κ1) is 14.6. The molecule has 0 atom stereocenters. The van der Waals surface area contributed by atoms with Crippen molar-refractivity contribution in [3.05, 3.63) is 35.7 Å². The number of ether oxygens (including phenoxy) is 1. The third-order valence-corrected chi connectivity index (χ3v) is 3.12. The van der Waals surface area contributed by atoms with Gasteiger partial charge < -0.3 is 10.1 Å². The van der Waals surface area contributed by atoms with E-state index in [0.29, 0.717) is 29.9 Å². The molecule has 0 aliphatic heterocycles. The zero-order chi connectivity index (χ0) is 14.6. The summed E-state index contributed by atoms with van der Waals surface area (Å²) in [5.41, 5.74) is -0.688. The van der Waals surface area contributed by atoms with Crippen molar-refractivity contribution in [2.45, 2.75) is 13.1 Å². The maximum absolute atomic E-state index is 12.4. The fraction of sp³-hybridized carbons (Fsp3) is 0.333. The molecule has 0 saturated carbocycles. The molecule has 1 N–H and O–H groups in total. The molecule has 4 nitrogen and oxygen atoms in total. The van der Waals surface area contributed by atoms with Gasteiger partial charge in [0.1, 0.15) is 18.2 Å². The summed E-state index contributed by atoms with van der Waals surface area (Å²) >= 11 is 1.25. The van der Waals surface area contributed by atoms with Crippen LogP contribution in [0.25, 0.3) is 0 Å². The molecule has 1 aromatic carbocycles. The molecule has 0 spiro atoms. The van der Waals surface area contributed by atoms with Crippen molar-refractivity contribution in [1.29, 1.82) is 0 Å². The van der Waals surface area contributed by atoms with E-state index in [0.717, 1.165) is 12.1 Å². The molecule has 0 radical (unpaired) electrons. The molecule has 1 aromatic heterocycles. The Morgan fingerprint density at radius 3 is 2.50 bits per heavy atom. The normalized spacial score (nSPS) is 11.4. The maximum Gasteiger partial charge on any atom is 0.416 e. The van der Waals surface area contributed by atoms with E-state index >= 15 is 0 Å². The largest absolute Gasteiger partial charge is 0.492 e. The molecular formula is C12H12F3N3OS. The first-order chi connectivity index (χ1) is 9.45. The van der Waals surface area contributed by atoms with Crippen LogP contribution in [0.1, 0.15) is 11.4 Å². The van der Waals surface area contributed by atoms with E-state index in [1.54, 1.807) is 6.92 Å². The summed E-state index contributed by atoms with van der Waals surface area (Å²) in [6, 6.07) is 4.60. The van der Waals surface area contributed by atoms with Gasteiger partial charge in [0.15, 0.2) is 0 Å². The van der Waals surface area contributed by atoms with Crippen LogP contribution in [0.4, 0.5) is 18.3 Å². The second-order valence-electron chi connectivity index (χ2n) is 3.94. The van der Waals surface area contributed by atoms with Gasteiger partial charge in [-0.2, -0.15) is 17.5 Å². The molecule has 0 aliphatic rings. The van der Waals surface area contributed by atoms with Crippen molar-refractivity contribution in [2.75, 3.05) is 18.5 Å². The minimum Gasteiger partial charge on any atom is -0.492 e. The quantitative estimate of drug-likeness (QED) is 0.860. The van der Waals surface area contributed by atoms with E-state index in [2.05, 4.69) is 14.7 Å². The number of alkyl halides is 3. The summed E-state index contributed by atoms with van der Waals surface area (Å²) in [6.45, 7) is 2.61. The molecule has 0 amide bonds. The van der Waals surface area contributed by atoms with Gasteiger partial charge in [-0.1, -0.05) is 0 Å².